The molecule has 23 heavy (non-hydrogen) atoms. The average Bonchev–Trinajstić information content (AvgIpc) is 2.86. The van der Waals surface area contributed by atoms with E-state index in [4.69, 9.17) is 4.74 Å². The summed E-state index contributed by atoms with van der Waals surface area (Å²) >= 11 is 0. The zero-order valence-corrected chi connectivity index (χ0v) is 15.1. The lowest BCUT2D eigenvalue weighted by Crippen LogP contribution is -2.51. The fourth-order valence-corrected chi connectivity index (χ4v) is 4.50. The van der Waals surface area contributed by atoms with Crippen molar-refractivity contribution in [3.63, 3.8) is 0 Å². The van der Waals surface area contributed by atoms with E-state index < -0.39 is 27.7 Å². The van der Waals surface area contributed by atoms with Crippen LogP contribution in [-0.4, -0.2) is 80.9 Å². The fourth-order valence-electron chi connectivity index (χ4n) is 2.77. The van der Waals surface area contributed by atoms with Gasteiger partial charge in [-0.2, -0.15) is 0 Å². The van der Waals surface area contributed by atoms with Gasteiger partial charge < -0.3 is 14.5 Å². The lowest BCUT2D eigenvalue weighted by molar-refractivity contribution is -0.153. The van der Waals surface area contributed by atoms with Crippen molar-refractivity contribution in [2.24, 2.45) is 0 Å². The van der Waals surface area contributed by atoms with Crippen LogP contribution in [0, 0.1) is 0 Å². The van der Waals surface area contributed by atoms with Gasteiger partial charge in [0.15, 0.2) is 9.84 Å². The van der Waals surface area contributed by atoms with Crippen molar-refractivity contribution in [2.45, 2.75) is 39.2 Å². The van der Waals surface area contributed by atoms with Gasteiger partial charge >= 0.3 is 11.8 Å². The summed E-state index contributed by atoms with van der Waals surface area (Å²) in [5.41, 5.74) is 0. The molecule has 0 aliphatic carbocycles. The van der Waals surface area contributed by atoms with E-state index in [-0.39, 0.29) is 24.7 Å². The normalized spacial score (nSPS) is 19.5. The molecule has 0 spiro atoms. The number of rotatable bonds is 8. The standard InChI is InChI=1S/C15H28N2O5S/c1-4-7-16(8-5-2)14(18)15(19)17(9-10-22-3)13-6-11-23(20,21)12-13/h13H,4-12H2,1-3H3. The molecule has 1 aliphatic heterocycles. The second-order valence-electron chi connectivity index (χ2n) is 5.84. The Morgan fingerprint density at radius 1 is 1.09 bits per heavy atom. The third-order valence-corrected chi connectivity index (χ3v) is 5.65. The molecular formula is C15H28N2O5S. The molecule has 7 nitrogen and oxygen atoms in total. The van der Waals surface area contributed by atoms with Crippen LogP contribution in [-0.2, 0) is 24.2 Å². The Hall–Kier alpha value is -1.15. The van der Waals surface area contributed by atoms with E-state index in [1.165, 1.54) is 12.0 Å². The first-order valence-electron chi connectivity index (χ1n) is 8.15. The molecule has 0 aromatic heterocycles. The number of nitrogens with zero attached hydrogens (tertiary/aromatic N) is 2. The summed E-state index contributed by atoms with van der Waals surface area (Å²) in [7, 11) is -1.61. The highest BCUT2D eigenvalue weighted by atomic mass is 32.2. The Morgan fingerprint density at radius 3 is 2.13 bits per heavy atom. The molecule has 2 amide bonds. The fraction of sp³-hybridized carbons (Fsp3) is 0.867. The van der Waals surface area contributed by atoms with E-state index in [0.717, 1.165) is 12.8 Å². The minimum Gasteiger partial charge on any atom is -0.383 e. The summed E-state index contributed by atoms with van der Waals surface area (Å²) in [5.74, 6) is -1.17. The Morgan fingerprint density at radius 2 is 1.70 bits per heavy atom. The summed E-state index contributed by atoms with van der Waals surface area (Å²) in [6, 6.07) is -0.434. The monoisotopic (exact) mass is 348 g/mol. The average molecular weight is 348 g/mol. The van der Waals surface area contributed by atoms with Crippen LogP contribution in [0.3, 0.4) is 0 Å². The highest BCUT2D eigenvalue weighted by molar-refractivity contribution is 7.91. The lowest BCUT2D eigenvalue weighted by atomic mass is 10.2. The van der Waals surface area contributed by atoms with Crippen molar-refractivity contribution in [3.05, 3.63) is 0 Å². The Balaban J connectivity index is 2.87. The Bertz CT molecular complexity index is 500. The molecule has 1 rings (SSSR count). The molecule has 134 valence electrons. The molecular weight excluding hydrogens is 320 g/mol. The third kappa shape index (κ3) is 5.76. The van der Waals surface area contributed by atoms with Gasteiger partial charge in [-0.25, -0.2) is 8.42 Å². The first-order chi connectivity index (χ1) is 10.9. The maximum atomic E-state index is 12.6. The van der Waals surface area contributed by atoms with Crippen molar-refractivity contribution in [2.75, 3.05) is 44.9 Å². The summed E-state index contributed by atoms with van der Waals surface area (Å²) < 4.78 is 28.4. The number of ether oxygens (including phenoxy) is 1. The van der Waals surface area contributed by atoms with Crippen molar-refractivity contribution in [3.8, 4) is 0 Å². The maximum Gasteiger partial charge on any atom is 0.312 e. The number of hydrogen-bond acceptors (Lipinski definition) is 5. The molecule has 0 N–H and O–H groups in total. The summed E-state index contributed by atoms with van der Waals surface area (Å²) in [6.07, 6.45) is 1.93. The van der Waals surface area contributed by atoms with Gasteiger partial charge in [0.1, 0.15) is 0 Å². The predicted molar refractivity (Wildman–Crippen MR) is 87.8 cm³/mol. The van der Waals surface area contributed by atoms with Gasteiger partial charge in [0.2, 0.25) is 0 Å². The number of sulfone groups is 1. The minimum atomic E-state index is -3.13. The van der Waals surface area contributed by atoms with Gasteiger partial charge in [0.25, 0.3) is 0 Å². The highest BCUT2D eigenvalue weighted by Gasteiger charge is 2.37. The molecule has 1 unspecified atom stereocenters. The van der Waals surface area contributed by atoms with Crippen LogP contribution in [0.2, 0.25) is 0 Å². The highest BCUT2D eigenvalue weighted by Crippen LogP contribution is 2.18. The van der Waals surface area contributed by atoms with Crippen LogP contribution in [0.5, 0.6) is 0 Å². The molecule has 1 fully saturated rings. The van der Waals surface area contributed by atoms with Crippen LogP contribution in [0.15, 0.2) is 0 Å². The van der Waals surface area contributed by atoms with E-state index >= 15 is 0 Å². The molecule has 0 aromatic carbocycles. The largest absolute Gasteiger partial charge is 0.383 e. The Kier molecular flexibility index (Phi) is 7.98. The van der Waals surface area contributed by atoms with Gasteiger partial charge in [0, 0.05) is 32.8 Å². The van der Waals surface area contributed by atoms with Gasteiger partial charge in [-0.05, 0) is 19.3 Å². The Labute approximate surface area is 138 Å². The topological polar surface area (TPSA) is 84.0 Å². The number of carbonyl (C=O) groups is 2. The minimum absolute atomic E-state index is 0.0657. The van der Waals surface area contributed by atoms with E-state index in [2.05, 4.69) is 0 Å². The molecule has 0 bridgehead atoms. The van der Waals surface area contributed by atoms with Crippen LogP contribution in [0.4, 0.5) is 0 Å². The first-order valence-corrected chi connectivity index (χ1v) is 9.97. The number of carbonyl (C=O) groups excluding carboxylic acids is 2. The van der Waals surface area contributed by atoms with Crippen molar-refractivity contribution >= 4 is 21.7 Å². The predicted octanol–water partition coefficient (Wildman–Crippen LogP) is 0.297. The van der Waals surface area contributed by atoms with E-state index in [1.54, 1.807) is 4.90 Å². The molecule has 1 saturated heterocycles. The number of hydrogen-bond donors (Lipinski definition) is 0. The summed E-state index contributed by atoms with van der Waals surface area (Å²) in [4.78, 5) is 28.0. The van der Waals surface area contributed by atoms with Gasteiger partial charge in [-0.15, -0.1) is 0 Å². The zero-order chi connectivity index (χ0) is 17.5. The van der Waals surface area contributed by atoms with Crippen molar-refractivity contribution in [1.82, 2.24) is 9.80 Å². The summed E-state index contributed by atoms with van der Waals surface area (Å²) in [5, 5.41) is 0. The molecule has 0 radical (unpaired) electrons. The maximum absolute atomic E-state index is 12.6. The number of amides is 2. The first kappa shape index (κ1) is 19.9. The van der Waals surface area contributed by atoms with Crippen molar-refractivity contribution < 1.29 is 22.7 Å². The van der Waals surface area contributed by atoms with E-state index in [0.29, 0.717) is 19.5 Å². The van der Waals surface area contributed by atoms with Crippen molar-refractivity contribution in [1.29, 1.82) is 0 Å². The zero-order valence-electron chi connectivity index (χ0n) is 14.3. The molecule has 1 atom stereocenters. The second kappa shape index (κ2) is 9.22. The smallest absolute Gasteiger partial charge is 0.312 e. The summed E-state index contributed by atoms with van der Waals surface area (Å²) in [6.45, 7) is 5.46. The molecule has 1 heterocycles. The van der Waals surface area contributed by atoms with Crippen LogP contribution in [0.25, 0.3) is 0 Å². The number of methoxy groups -OCH3 is 1. The molecule has 8 heteroatoms. The van der Waals surface area contributed by atoms with Gasteiger partial charge in [0.05, 0.1) is 18.1 Å². The quantitative estimate of drug-likeness (QED) is 0.589. The van der Waals surface area contributed by atoms with Crippen LogP contribution >= 0.6 is 0 Å². The van der Waals surface area contributed by atoms with Gasteiger partial charge in [-0.1, -0.05) is 13.8 Å². The van der Waals surface area contributed by atoms with Gasteiger partial charge in [-0.3, -0.25) is 9.59 Å². The molecule has 1 aliphatic rings. The van der Waals surface area contributed by atoms with E-state index in [9.17, 15) is 18.0 Å². The molecule has 0 aromatic rings. The second-order valence-corrected chi connectivity index (χ2v) is 8.07. The lowest BCUT2D eigenvalue weighted by Gasteiger charge is -2.30. The third-order valence-electron chi connectivity index (χ3n) is 3.90. The van der Waals surface area contributed by atoms with Crippen LogP contribution < -0.4 is 0 Å². The van der Waals surface area contributed by atoms with E-state index in [1.807, 2.05) is 13.8 Å². The molecule has 0 saturated carbocycles. The SMILES string of the molecule is CCCN(CCC)C(=O)C(=O)N(CCOC)C1CCS(=O)(=O)C1. The van der Waals surface area contributed by atoms with Crippen LogP contribution in [0.1, 0.15) is 33.1 Å².